The van der Waals surface area contributed by atoms with Crippen molar-refractivity contribution >= 4 is 0 Å². The summed E-state index contributed by atoms with van der Waals surface area (Å²) in [4.78, 5) is 1.33. The third-order valence-electron chi connectivity index (χ3n) is 2.79. The fraction of sp³-hybridized carbons (Fsp3) is 0.786. The quantitative estimate of drug-likeness (QED) is 0.761. The summed E-state index contributed by atoms with van der Waals surface area (Å²) in [5.74, 6) is 0.997. The van der Waals surface area contributed by atoms with Crippen LogP contribution in [0.4, 0.5) is 13.2 Å². The van der Waals surface area contributed by atoms with E-state index >= 15 is 0 Å². The van der Waals surface area contributed by atoms with E-state index in [-0.39, 0.29) is 6.54 Å². The molecule has 1 N–H and O–H groups in total. The first-order chi connectivity index (χ1) is 9.80. The zero-order valence-electron chi connectivity index (χ0n) is 12.8. The minimum atomic E-state index is -4.20. The Kier molecular flexibility index (Phi) is 7.17. The SMILES string of the molecule is CCCN(Cc1cc(CNCC(C)C)no1)CC(F)(F)F. The highest BCUT2D eigenvalue weighted by molar-refractivity contribution is 5.05. The number of rotatable bonds is 9. The number of hydrogen-bond acceptors (Lipinski definition) is 4. The van der Waals surface area contributed by atoms with Crippen LogP contribution in [-0.4, -0.2) is 35.9 Å². The van der Waals surface area contributed by atoms with Crippen LogP contribution in [0.5, 0.6) is 0 Å². The van der Waals surface area contributed by atoms with Gasteiger partial charge in [0.05, 0.1) is 18.8 Å². The van der Waals surface area contributed by atoms with Crippen molar-refractivity contribution in [2.45, 2.75) is 46.5 Å². The van der Waals surface area contributed by atoms with E-state index in [2.05, 4.69) is 24.3 Å². The number of nitrogens with one attached hydrogen (secondary N) is 1. The lowest BCUT2D eigenvalue weighted by Crippen LogP contribution is -2.34. The van der Waals surface area contributed by atoms with Crippen LogP contribution < -0.4 is 5.32 Å². The predicted molar refractivity (Wildman–Crippen MR) is 74.7 cm³/mol. The van der Waals surface area contributed by atoms with Gasteiger partial charge < -0.3 is 9.84 Å². The zero-order valence-corrected chi connectivity index (χ0v) is 12.8. The first-order valence-electron chi connectivity index (χ1n) is 7.24. The molecule has 7 heteroatoms. The van der Waals surface area contributed by atoms with Gasteiger partial charge in [-0.3, -0.25) is 4.90 Å². The van der Waals surface area contributed by atoms with Gasteiger partial charge in [-0.1, -0.05) is 25.9 Å². The summed E-state index contributed by atoms with van der Waals surface area (Å²) in [6, 6.07) is 1.71. The molecular formula is C14H24F3N3O. The van der Waals surface area contributed by atoms with Crippen molar-refractivity contribution in [3.63, 3.8) is 0 Å². The lowest BCUT2D eigenvalue weighted by Gasteiger charge is -2.21. The van der Waals surface area contributed by atoms with E-state index in [1.165, 1.54) is 4.90 Å². The van der Waals surface area contributed by atoms with Gasteiger partial charge in [-0.2, -0.15) is 13.2 Å². The van der Waals surface area contributed by atoms with Crippen LogP contribution in [0.15, 0.2) is 10.6 Å². The predicted octanol–water partition coefficient (Wildman–Crippen LogP) is 3.19. The molecule has 0 aliphatic heterocycles. The minimum absolute atomic E-state index is 0.129. The molecule has 0 bridgehead atoms. The van der Waals surface area contributed by atoms with Crippen molar-refractivity contribution in [2.24, 2.45) is 5.92 Å². The van der Waals surface area contributed by atoms with Gasteiger partial charge in [0.1, 0.15) is 0 Å². The topological polar surface area (TPSA) is 41.3 Å². The monoisotopic (exact) mass is 307 g/mol. The van der Waals surface area contributed by atoms with Crippen LogP contribution in [-0.2, 0) is 13.1 Å². The Hall–Kier alpha value is -1.08. The van der Waals surface area contributed by atoms with Crippen molar-refractivity contribution in [2.75, 3.05) is 19.6 Å². The van der Waals surface area contributed by atoms with Crippen molar-refractivity contribution in [3.8, 4) is 0 Å². The van der Waals surface area contributed by atoms with E-state index < -0.39 is 12.7 Å². The average Bonchev–Trinajstić information content (AvgIpc) is 2.74. The summed E-state index contributed by atoms with van der Waals surface area (Å²) >= 11 is 0. The second-order valence-corrected chi connectivity index (χ2v) is 5.64. The van der Waals surface area contributed by atoms with Crippen LogP contribution in [0.1, 0.15) is 38.6 Å². The summed E-state index contributed by atoms with van der Waals surface area (Å²) in [5.41, 5.74) is 0.717. The molecule has 1 rings (SSSR count). The van der Waals surface area contributed by atoms with Crippen molar-refractivity contribution < 1.29 is 17.7 Å². The van der Waals surface area contributed by atoms with Gasteiger partial charge in [0.2, 0.25) is 0 Å². The van der Waals surface area contributed by atoms with E-state index in [9.17, 15) is 13.2 Å². The molecule has 0 radical (unpaired) electrons. The molecule has 0 atom stereocenters. The van der Waals surface area contributed by atoms with Crippen LogP contribution in [0.3, 0.4) is 0 Å². The molecule has 122 valence electrons. The van der Waals surface area contributed by atoms with E-state index in [0.29, 0.717) is 36.9 Å². The Morgan fingerprint density at radius 2 is 2.10 bits per heavy atom. The molecule has 0 amide bonds. The molecule has 0 spiro atoms. The molecule has 1 heterocycles. The van der Waals surface area contributed by atoms with Gasteiger partial charge in [-0.15, -0.1) is 0 Å². The molecular weight excluding hydrogens is 283 g/mol. The molecule has 0 aliphatic carbocycles. The average molecular weight is 307 g/mol. The summed E-state index contributed by atoms with van der Waals surface area (Å²) in [7, 11) is 0. The van der Waals surface area contributed by atoms with Crippen molar-refractivity contribution in [1.82, 2.24) is 15.4 Å². The first kappa shape index (κ1) is 18.0. The van der Waals surface area contributed by atoms with Gasteiger partial charge >= 0.3 is 6.18 Å². The summed E-state index contributed by atoms with van der Waals surface area (Å²) in [6.45, 7) is 7.05. The molecule has 4 nitrogen and oxygen atoms in total. The maximum atomic E-state index is 12.5. The largest absolute Gasteiger partial charge is 0.401 e. The van der Waals surface area contributed by atoms with Crippen LogP contribution in [0.25, 0.3) is 0 Å². The Labute approximate surface area is 123 Å². The third-order valence-corrected chi connectivity index (χ3v) is 2.79. The van der Waals surface area contributed by atoms with E-state index in [4.69, 9.17) is 4.52 Å². The highest BCUT2D eigenvalue weighted by Crippen LogP contribution is 2.18. The van der Waals surface area contributed by atoms with Crippen LogP contribution in [0, 0.1) is 5.92 Å². The lowest BCUT2D eigenvalue weighted by molar-refractivity contribution is -0.147. The molecule has 0 unspecified atom stereocenters. The fourth-order valence-electron chi connectivity index (χ4n) is 2.01. The van der Waals surface area contributed by atoms with E-state index in [1.807, 2.05) is 6.92 Å². The van der Waals surface area contributed by atoms with Gasteiger partial charge in [0.15, 0.2) is 5.76 Å². The number of aromatic nitrogens is 1. The molecule has 0 saturated carbocycles. The Bertz CT molecular complexity index is 404. The maximum absolute atomic E-state index is 12.5. The first-order valence-corrected chi connectivity index (χ1v) is 7.24. The second-order valence-electron chi connectivity index (χ2n) is 5.64. The number of nitrogens with zero attached hydrogens (tertiary/aromatic N) is 2. The molecule has 0 aliphatic rings. The standard InChI is InChI=1S/C14H24F3N3O/c1-4-5-20(10-14(15,16)17)9-13-6-12(19-21-13)8-18-7-11(2)3/h6,11,18H,4-5,7-10H2,1-3H3. The molecule has 0 fully saturated rings. The van der Waals surface area contributed by atoms with Gasteiger partial charge in [0.25, 0.3) is 0 Å². The molecule has 1 aromatic heterocycles. The number of hydrogen-bond donors (Lipinski definition) is 1. The van der Waals surface area contributed by atoms with E-state index in [1.54, 1.807) is 6.07 Å². The Balaban J connectivity index is 2.50. The zero-order chi connectivity index (χ0) is 15.9. The van der Waals surface area contributed by atoms with Crippen molar-refractivity contribution in [1.29, 1.82) is 0 Å². The highest BCUT2D eigenvalue weighted by Gasteiger charge is 2.30. The van der Waals surface area contributed by atoms with Crippen molar-refractivity contribution in [3.05, 3.63) is 17.5 Å². The summed E-state index contributed by atoms with van der Waals surface area (Å²) in [5, 5.41) is 7.09. The summed E-state index contributed by atoms with van der Waals surface area (Å²) in [6.07, 6.45) is -3.54. The smallest absolute Gasteiger partial charge is 0.360 e. The molecule has 0 aromatic carbocycles. The third kappa shape index (κ3) is 8.06. The second kappa shape index (κ2) is 8.38. The van der Waals surface area contributed by atoms with Gasteiger partial charge in [-0.25, -0.2) is 0 Å². The number of halogens is 3. The maximum Gasteiger partial charge on any atom is 0.401 e. The van der Waals surface area contributed by atoms with Gasteiger partial charge in [-0.05, 0) is 25.4 Å². The Morgan fingerprint density at radius 1 is 1.38 bits per heavy atom. The molecule has 0 saturated heterocycles. The van der Waals surface area contributed by atoms with Crippen LogP contribution >= 0.6 is 0 Å². The summed E-state index contributed by atoms with van der Waals surface area (Å²) < 4.78 is 42.6. The highest BCUT2D eigenvalue weighted by atomic mass is 19.4. The molecule has 21 heavy (non-hydrogen) atoms. The lowest BCUT2D eigenvalue weighted by atomic mass is 10.2. The normalized spacial score (nSPS) is 12.6. The minimum Gasteiger partial charge on any atom is -0.360 e. The fourth-order valence-corrected chi connectivity index (χ4v) is 2.01. The number of alkyl halides is 3. The molecule has 1 aromatic rings. The Morgan fingerprint density at radius 3 is 2.67 bits per heavy atom. The van der Waals surface area contributed by atoms with Gasteiger partial charge in [0, 0.05) is 12.6 Å². The van der Waals surface area contributed by atoms with Crippen LogP contribution in [0.2, 0.25) is 0 Å². The van der Waals surface area contributed by atoms with E-state index in [0.717, 1.165) is 6.54 Å².